The van der Waals surface area contributed by atoms with Crippen LogP contribution in [0, 0.1) is 5.41 Å². The first kappa shape index (κ1) is 16.9. The third kappa shape index (κ3) is 6.58. The zero-order chi connectivity index (χ0) is 14.2. The van der Waals surface area contributed by atoms with Gasteiger partial charge in [0, 0.05) is 6.42 Å². The molecule has 0 aliphatic heterocycles. The minimum absolute atomic E-state index is 0.124. The molecule has 0 bridgehead atoms. The fourth-order valence-electron chi connectivity index (χ4n) is 1.28. The van der Waals surface area contributed by atoms with Crippen LogP contribution in [0.15, 0.2) is 12.2 Å². The van der Waals surface area contributed by atoms with Crippen molar-refractivity contribution in [2.45, 2.75) is 59.8 Å². The standard InChI is InChI=1S/C15H26O3/c1-6-15(4,5)14(17)18-11-9-7-8-10-13(16)12(2)3/h2,6-11H2,1,3-5H3. The molecule has 3 heteroatoms. The Kier molecular flexibility index (Phi) is 7.56. The lowest BCUT2D eigenvalue weighted by molar-refractivity contribution is -0.154. The molecule has 104 valence electrons. The summed E-state index contributed by atoms with van der Waals surface area (Å²) in [5.74, 6) is -0.0119. The highest BCUT2D eigenvalue weighted by Crippen LogP contribution is 2.21. The lowest BCUT2D eigenvalue weighted by Gasteiger charge is -2.20. The second-order valence-electron chi connectivity index (χ2n) is 5.39. The molecule has 0 unspecified atom stereocenters. The topological polar surface area (TPSA) is 43.4 Å². The van der Waals surface area contributed by atoms with Crippen LogP contribution in [0.2, 0.25) is 0 Å². The maximum absolute atomic E-state index is 11.6. The van der Waals surface area contributed by atoms with Crippen LogP contribution in [0.3, 0.4) is 0 Å². The quantitative estimate of drug-likeness (QED) is 0.358. The van der Waals surface area contributed by atoms with Gasteiger partial charge in [-0.15, -0.1) is 0 Å². The second kappa shape index (κ2) is 8.06. The van der Waals surface area contributed by atoms with E-state index in [0.29, 0.717) is 18.6 Å². The summed E-state index contributed by atoms with van der Waals surface area (Å²) in [6.45, 7) is 11.5. The summed E-state index contributed by atoms with van der Waals surface area (Å²) in [5.41, 5.74) is 0.224. The summed E-state index contributed by atoms with van der Waals surface area (Å²) >= 11 is 0. The van der Waals surface area contributed by atoms with Crippen molar-refractivity contribution in [1.29, 1.82) is 0 Å². The first-order chi connectivity index (χ1) is 8.31. The van der Waals surface area contributed by atoms with Crippen LogP contribution in [0.25, 0.3) is 0 Å². The molecule has 0 fully saturated rings. The largest absolute Gasteiger partial charge is 0.465 e. The Labute approximate surface area is 111 Å². The number of carbonyl (C=O) groups is 2. The van der Waals surface area contributed by atoms with Crippen LogP contribution in [0.5, 0.6) is 0 Å². The van der Waals surface area contributed by atoms with Gasteiger partial charge in [-0.05, 0) is 52.0 Å². The van der Waals surface area contributed by atoms with E-state index < -0.39 is 5.41 Å². The van der Waals surface area contributed by atoms with Crippen LogP contribution in [0.4, 0.5) is 0 Å². The van der Waals surface area contributed by atoms with Gasteiger partial charge in [-0.2, -0.15) is 0 Å². The van der Waals surface area contributed by atoms with Gasteiger partial charge in [0.25, 0.3) is 0 Å². The average molecular weight is 254 g/mol. The van der Waals surface area contributed by atoms with Crippen molar-refractivity contribution in [1.82, 2.24) is 0 Å². The van der Waals surface area contributed by atoms with Crippen molar-refractivity contribution in [2.75, 3.05) is 6.61 Å². The summed E-state index contributed by atoms with van der Waals surface area (Å²) < 4.78 is 5.21. The van der Waals surface area contributed by atoms with Crippen molar-refractivity contribution in [2.24, 2.45) is 5.41 Å². The Bertz CT molecular complexity index is 303. The normalized spacial score (nSPS) is 11.1. The predicted molar refractivity (Wildman–Crippen MR) is 73.3 cm³/mol. The number of rotatable bonds is 9. The molecule has 0 spiro atoms. The number of unbranched alkanes of at least 4 members (excludes halogenated alkanes) is 2. The molecular weight excluding hydrogens is 228 g/mol. The summed E-state index contributed by atoms with van der Waals surface area (Å²) in [4.78, 5) is 22.9. The third-order valence-corrected chi connectivity index (χ3v) is 3.19. The molecule has 0 rings (SSSR count). The van der Waals surface area contributed by atoms with Gasteiger partial charge in [0.1, 0.15) is 0 Å². The highest BCUT2D eigenvalue weighted by molar-refractivity contribution is 5.93. The average Bonchev–Trinajstić information content (AvgIpc) is 2.32. The van der Waals surface area contributed by atoms with Crippen LogP contribution in [-0.2, 0) is 14.3 Å². The number of carbonyl (C=O) groups excluding carboxylic acids is 2. The Morgan fingerprint density at radius 3 is 2.28 bits per heavy atom. The van der Waals surface area contributed by atoms with Gasteiger partial charge in [-0.1, -0.05) is 13.5 Å². The molecule has 0 atom stereocenters. The maximum atomic E-state index is 11.6. The predicted octanol–water partition coefficient (Wildman–Crippen LogP) is 3.67. The van der Waals surface area contributed by atoms with Crippen molar-refractivity contribution in [3.05, 3.63) is 12.2 Å². The number of allylic oxidation sites excluding steroid dienone is 1. The van der Waals surface area contributed by atoms with Crippen molar-refractivity contribution < 1.29 is 14.3 Å². The number of Topliss-reactive ketones (excluding diaryl/α,β-unsaturated/α-hetero) is 1. The van der Waals surface area contributed by atoms with Gasteiger partial charge < -0.3 is 4.74 Å². The van der Waals surface area contributed by atoms with Gasteiger partial charge in [0.2, 0.25) is 0 Å². The lowest BCUT2D eigenvalue weighted by Crippen LogP contribution is -2.26. The van der Waals surface area contributed by atoms with E-state index in [4.69, 9.17) is 4.74 Å². The SMILES string of the molecule is C=C(C)C(=O)CCCCCOC(=O)C(C)(C)CC. The molecular formula is C15H26O3. The Balaban J connectivity index is 3.61. The lowest BCUT2D eigenvalue weighted by atomic mass is 9.91. The highest BCUT2D eigenvalue weighted by Gasteiger charge is 2.26. The molecule has 0 aromatic rings. The Morgan fingerprint density at radius 1 is 1.17 bits per heavy atom. The monoisotopic (exact) mass is 254 g/mol. The Hall–Kier alpha value is -1.12. The van der Waals surface area contributed by atoms with Gasteiger partial charge in [0.15, 0.2) is 5.78 Å². The van der Waals surface area contributed by atoms with E-state index in [1.165, 1.54) is 0 Å². The molecule has 0 amide bonds. The number of hydrogen-bond acceptors (Lipinski definition) is 3. The van der Waals surface area contributed by atoms with E-state index in [1.54, 1.807) is 6.92 Å². The molecule has 0 saturated carbocycles. The van der Waals surface area contributed by atoms with Crippen molar-refractivity contribution >= 4 is 11.8 Å². The number of ketones is 1. The van der Waals surface area contributed by atoms with E-state index >= 15 is 0 Å². The van der Waals surface area contributed by atoms with E-state index in [1.807, 2.05) is 20.8 Å². The molecule has 0 aliphatic carbocycles. The van der Waals surface area contributed by atoms with Crippen LogP contribution in [-0.4, -0.2) is 18.4 Å². The van der Waals surface area contributed by atoms with Crippen LogP contribution in [0.1, 0.15) is 59.8 Å². The molecule has 0 aromatic heterocycles. The third-order valence-electron chi connectivity index (χ3n) is 3.19. The molecule has 0 heterocycles. The summed E-state index contributed by atoms with van der Waals surface area (Å²) in [7, 11) is 0. The summed E-state index contributed by atoms with van der Waals surface area (Å²) in [6, 6.07) is 0. The van der Waals surface area contributed by atoms with E-state index in [9.17, 15) is 9.59 Å². The minimum Gasteiger partial charge on any atom is -0.465 e. The first-order valence-electron chi connectivity index (χ1n) is 6.67. The number of esters is 1. The van der Waals surface area contributed by atoms with Crippen LogP contribution < -0.4 is 0 Å². The van der Waals surface area contributed by atoms with Gasteiger partial charge in [0.05, 0.1) is 12.0 Å². The smallest absolute Gasteiger partial charge is 0.311 e. The minimum atomic E-state index is -0.393. The summed E-state index contributed by atoms with van der Waals surface area (Å²) in [6.07, 6.45) is 3.87. The fraction of sp³-hybridized carbons (Fsp3) is 0.733. The second-order valence-corrected chi connectivity index (χ2v) is 5.39. The highest BCUT2D eigenvalue weighted by atomic mass is 16.5. The molecule has 0 saturated heterocycles. The molecule has 0 N–H and O–H groups in total. The summed E-state index contributed by atoms with van der Waals surface area (Å²) in [5, 5.41) is 0. The molecule has 0 aromatic carbocycles. The van der Waals surface area contributed by atoms with E-state index in [-0.39, 0.29) is 11.8 Å². The van der Waals surface area contributed by atoms with Crippen molar-refractivity contribution in [3.8, 4) is 0 Å². The molecule has 0 radical (unpaired) electrons. The first-order valence-corrected chi connectivity index (χ1v) is 6.67. The molecule has 3 nitrogen and oxygen atoms in total. The van der Waals surface area contributed by atoms with Crippen LogP contribution >= 0.6 is 0 Å². The number of ether oxygens (including phenoxy) is 1. The molecule has 0 aliphatic rings. The van der Waals surface area contributed by atoms with Gasteiger partial charge in [-0.3, -0.25) is 9.59 Å². The van der Waals surface area contributed by atoms with Gasteiger partial charge >= 0.3 is 5.97 Å². The molecule has 18 heavy (non-hydrogen) atoms. The van der Waals surface area contributed by atoms with E-state index in [2.05, 4.69) is 6.58 Å². The maximum Gasteiger partial charge on any atom is 0.311 e. The zero-order valence-electron chi connectivity index (χ0n) is 12.2. The fourth-order valence-corrected chi connectivity index (χ4v) is 1.28. The van der Waals surface area contributed by atoms with E-state index in [0.717, 1.165) is 25.7 Å². The Morgan fingerprint density at radius 2 is 1.78 bits per heavy atom. The zero-order valence-corrected chi connectivity index (χ0v) is 12.2. The van der Waals surface area contributed by atoms with Crippen molar-refractivity contribution in [3.63, 3.8) is 0 Å². The van der Waals surface area contributed by atoms with Gasteiger partial charge in [-0.25, -0.2) is 0 Å². The number of hydrogen-bond donors (Lipinski definition) is 0.